The van der Waals surface area contributed by atoms with E-state index in [0.717, 1.165) is 38.6 Å². The lowest BCUT2D eigenvalue weighted by Crippen LogP contribution is -2.42. The first-order valence-corrected chi connectivity index (χ1v) is 12.9. The molecule has 2 aliphatic heterocycles. The molecule has 2 amide bonds. The molecule has 4 aromatic carbocycles. The number of esters is 1. The zero-order valence-corrected chi connectivity index (χ0v) is 21.0. The number of benzene rings is 4. The van der Waals surface area contributed by atoms with Gasteiger partial charge in [-0.1, -0.05) is 72.8 Å². The highest BCUT2D eigenvalue weighted by molar-refractivity contribution is 6.25. The summed E-state index contributed by atoms with van der Waals surface area (Å²) in [5, 5.41) is 1.98. The zero-order valence-electron chi connectivity index (χ0n) is 21.0. The molecular weight excluding hydrogens is 474 g/mol. The van der Waals surface area contributed by atoms with E-state index >= 15 is 0 Å². The Morgan fingerprint density at radius 1 is 0.737 bits per heavy atom. The number of carbonyl (C=O) groups excluding carboxylic acids is 3. The maximum Gasteiger partial charge on any atom is 0.319 e. The Morgan fingerprint density at radius 3 is 2.26 bits per heavy atom. The molecule has 0 spiro atoms. The second-order valence-electron chi connectivity index (χ2n) is 10.4. The predicted octanol–water partition coefficient (Wildman–Crippen LogP) is 5.98. The third-order valence-corrected chi connectivity index (χ3v) is 8.42. The fourth-order valence-electron chi connectivity index (χ4n) is 6.45. The first-order chi connectivity index (χ1) is 18.4. The largest absolute Gasteiger partial charge is 0.425 e. The van der Waals surface area contributed by atoms with E-state index in [1.807, 2.05) is 105 Å². The monoisotopic (exact) mass is 499 g/mol. The van der Waals surface area contributed by atoms with Crippen LogP contribution in [0.3, 0.4) is 0 Å². The van der Waals surface area contributed by atoms with Crippen LogP contribution in [0.15, 0.2) is 91.0 Å². The quantitative estimate of drug-likeness (QED) is 0.193. The normalized spacial score (nSPS) is 24.0. The average Bonchev–Trinajstić information content (AvgIpc) is 3.20. The SMILES string of the molecule is Cc1ccc(N2C(=O)[C@@H]3[C@@H]4C(=O)Oc5ccc6ccccc6c5C4=C[C@@H](c4ccccc4)[C@H]3C2=O)cc1C. The van der Waals surface area contributed by atoms with Crippen LogP contribution in [-0.2, 0) is 14.4 Å². The number of carbonyl (C=O) groups is 3. The Labute approximate surface area is 220 Å². The van der Waals surface area contributed by atoms with Crippen molar-refractivity contribution in [2.45, 2.75) is 19.8 Å². The van der Waals surface area contributed by atoms with Gasteiger partial charge in [0.25, 0.3) is 0 Å². The van der Waals surface area contributed by atoms with Crippen molar-refractivity contribution in [3.8, 4) is 5.75 Å². The number of allylic oxidation sites excluding steroid dienone is 1. The van der Waals surface area contributed by atoms with E-state index in [0.29, 0.717) is 11.4 Å². The van der Waals surface area contributed by atoms with Crippen molar-refractivity contribution in [1.29, 1.82) is 0 Å². The molecule has 1 saturated heterocycles. The first-order valence-electron chi connectivity index (χ1n) is 12.9. The van der Waals surface area contributed by atoms with E-state index < -0.39 is 23.7 Å². The molecule has 38 heavy (non-hydrogen) atoms. The van der Waals surface area contributed by atoms with Crippen LogP contribution in [0.5, 0.6) is 5.75 Å². The Morgan fingerprint density at radius 2 is 1.47 bits per heavy atom. The number of aryl methyl sites for hydroxylation is 2. The number of ether oxygens (including phenoxy) is 1. The van der Waals surface area contributed by atoms with Gasteiger partial charge < -0.3 is 4.74 Å². The van der Waals surface area contributed by atoms with Crippen molar-refractivity contribution in [1.82, 2.24) is 0 Å². The maximum atomic E-state index is 14.2. The van der Waals surface area contributed by atoms with Crippen LogP contribution in [0.25, 0.3) is 16.3 Å². The van der Waals surface area contributed by atoms with Crippen LogP contribution < -0.4 is 9.64 Å². The third kappa shape index (κ3) is 3.14. The minimum Gasteiger partial charge on any atom is -0.425 e. The molecular formula is C33H25NO4. The highest BCUT2D eigenvalue weighted by Gasteiger charge is 2.60. The second kappa shape index (κ2) is 8.25. The number of hydrogen-bond acceptors (Lipinski definition) is 4. The zero-order chi connectivity index (χ0) is 26.1. The summed E-state index contributed by atoms with van der Waals surface area (Å²) in [6, 6.07) is 27.1. The number of hydrogen-bond donors (Lipinski definition) is 0. The average molecular weight is 500 g/mol. The molecule has 0 saturated carbocycles. The van der Waals surface area contributed by atoms with Crippen molar-refractivity contribution < 1.29 is 19.1 Å². The van der Waals surface area contributed by atoms with E-state index in [4.69, 9.17) is 4.74 Å². The summed E-state index contributed by atoms with van der Waals surface area (Å²) >= 11 is 0. The van der Waals surface area contributed by atoms with Crippen molar-refractivity contribution in [2.24, 2.45) is 17.8 Å². The topological polar surface area (TPSA) is 63.7 Å². The van der Waals surface area contributed by atoms with Crippen LogP contribution in [0.2, 0.25) is 0 Å². The summed E-state index contributed by atoms with van der Waals surface area (Å²) in [6.45, 7) is 3.96. The summed E-state index contributed by atoms with van der Waals surface area (Å²) in [6.07, 6.45) is 2.04. The van der Waals surface area contributed by atoms with Crippen LogP contribution in [0.4, 0.5) is 5.69 Å². The maximum absolute atomic E-state index is 14.2. The summed E-state index contributed by atoms with van der Waals surface area (Å²) in [5.74, 6) is -3.39. The lowest BCUT2D eigenvalue weighted by Gasteiger charge is -2.38. The van der Waals surface area contributed by atoms with E-state index in [-0.39, 0.29) is 17.7 Å². The number of nitrogens with zero attached hydrogens (tertiary/aromatic N) is 1. The third-order valence-electron chi connectivity index (χ3n) is 8.42. The Bertz CT molecular complexity index is 1700. The number of fused-ring (bicyclic) bond motifs is 7. The molecule has 7 rings (SSSR count). The summed E-state index contributed by atoms with van der Waals surface area (Å²) < 4.78 is 5.86. The lowest BCUT2D eigenvalue weighted by molar-refractivity contribution is -0.142. The van der Waals surface area contributed by atoms with Gasteiger partial charge in [-0.2, -0.15) is 0 Å². The van der Waals surface area contributed by atoms with Crippen LogP contribution in [-0.4, -0.2) is 17.8 Å². The molecule has 0 aromatic heterocycles. The summed E-state index contributed by atoms with van der Waals surface area (Å²) in [5.41, 5.74) is 5.16. The molecule has 2 heterocycles. The van der Waals surface area contributed by atoms with Gasteiger partial charge >= 0.3 is 5.97 Å². The molecule has 1 fully saturated rings. The van der Waals surface area contributed by atoms with Crippen LogP contribution >= 0.6 is 0 Å². The standard InChI is InChI=1S/C33H25NO4/c1-18-12-14-22(16-19(18)2)34-31(35)28-24(20-8-4-3-5-9-20)17-25-27-23-11-7-6-10-21(23)13-15-26(27)38-33(37)29(25)30(28)32(34)36/h3-17,24,28-30H,1-2H3/t24-,28+,29+,30-/m0/s1. The number of amides is 2. The molecule has 3 aliphatic rings. The van der Waals surface area contributed by atoms with Gasteiger partial charge in [0.15, 0.2) is 0 Å². The molecule has 0 bridgehead atoms. The molecule has 4 atom stereocenters. The van der Waals surface area contributed by atoms with Crippen molar-refractivity contribution >= 4 is 39.8 Å². The van der Waals surface area contributed by atoms with E-state index in [1.165, 1.54) is 4.90 Å². The number of anilines is 1. The number of rotatable bonds is 2. The van der Waals surface area contributed by atoms with Gasteiger partial charge in [-0.15, -0.1) is 0 Å². The van der Waals surface area contributed by atoms with Gasteiger partial charge in [0, 0.05) is 11.5 Å². The van der Waals surface area contributed by atoms with Gasteiger partial charge in [-0.05, 0) is 65.1 Å². The molecule has 0 unspecified atom stereocenters. The minimum atomic E-state index is -0.855. The fraction of sp³-hybridized carbons (Fsp3) is 0.182. The van der Waals surface area contributed by atoms with Crippen molar-refractivity contribution in [3.05, 3.63) is 113 Å². The van der Waals surface area contributed by atoms with Crippen LogP contribution in [0, 0.1) is 31.6 Å². The van der Waals surface area contributed by atoms with Gasteiger partial charge in [-0.3, -0.25) is 14.4 Å². The Balaban J connectivity index is 1.46. The molecule has 5 nitrogen and oxygen atoms in total. The molecule has 1 aliphatic carbocycles. The van der Waals surface area contributed by atoms with Gasteiger partial charge in [0.2, 0.25) is 11.8 Å². The van der Waals surface area contributed by atoms with Gasteiger partial charge in [0.1, 0.15) is 5.75 Å². The molecule has 186 valence electrons. The fourth-order valence-corrected chi connectivity index (χ4v) is 6.45. The number of imide groups is 1. The molecule has 4 aromatic rings. The van der Waals surface area contributed by atoms with E-state index in [2.05, 4.69) is 0 Å². The highest BCUT2D eigenvalue weighted by atomic mass is 16.5. The van der Waals surface area contributed by atoms with Crippen molar-refractivity contribution in [2.75, 3.05) is 4.90 Å². The van der Waals surface area contributed by atoms with E-state index in [1.54, 1.807) is 0 Å². The highest BCUT2D eigenvalue weighted by Crippen LogP contribution is 2.55. The van der Waals surface area contributed by atoms with Gasteiger partial charge in [0.05, 0.1) is 23.4 Å². The molecule has 0 radical (unpaired) electrons. The summed E-state index contributed by atoms with van der Waals surface area (Å²) in [7, 11) is 0. The second-order valence-corrected chi connectivity index (χ2v) is 10.4. The predicted molar refractivity (Wildman–Crippen MR) is 146 cm³/mol. The van der Waals surface area contributed by atoms with E-state index in [9.17, 15) is 14.4 Å². The smallest absolute Gasteiger partial charge is 0.319 e. The minimum absolute atomic E-state index is 0.274. The molecule has 5 heteroatoms. The lowest BCUT2D eigenvalue weighted by atomic mass is 9.64. The molecule has 0 N–H and O–H groups in total. The first kappa shape index (κ1) is 22.7. The summed E-state index contributed by atoms with van der Waals surface area (Å²) in [4.78, 5) is 43.1. The van der Waals surface area contributed by atoms with Crippen LogP contribution in [0.1, 0.15) is 28.2 Å². The van der Waals surface area contributed by atoms with Crippen molar-refractivity contribution in [3.63, 3.8) is 0 Å². The Kier molecular flexibility index (Phi) is 4.92. The Hall–Kier alpha value is -4.51. The van der Waals surface area contributed by atoms with Gasteiger partial charge in [-0.25, -0.2) is 4.90 Å².